The van der Waals surface area contributed by atoms with Gasteiger partial charge < -0.3 is 14.2 Å². The van der Waals surface area contributed by atoms with Gasteiger partial charge in [0.05, 0.1) is 7.11 Å². The van der Waals surface area contributed by atoms with Gasteiger partial charge in [-0.1, -0.05) is 0 Å². The second-order valence-corrected chi connectivity index (χ2v) is 3.60. The highest BCUT2D eigenvalue weighted by Crippen LogP contribution is 2.00. The first kappa shape index (κ1) is 13.0. The fraction of sp³-hybridized carbons (Fsp3) is 0.364. The Kier molecular flexibility index (Phi) is 4.03. The minimum Gasteiger partial charge on any atom is -0.468 e. The average Bonchev–Trinajstić information content (AvgIpc) is 2.31. The summed E-state index contributed by atoms with van der Waals surface area (Å²) in [6.45, 7) is -0.148. The lowest BCUT2D eigenvalue weighted by molar-refractivity contribution is -0.141. The molecule has 0 N–H and O–H groups in total. The Morgan fingerprint density at radius 3 is 2.65 bits per heavy atom. The van der Waals surface area contributed by atoms with Crippen LogP contribution in [0.15, 0.2) is 23.1 Å². The van der Waals surface area contributed by atoms with Gasteiger partial charge in [0, 0.05) is 31.9 Å². The van der Waals surface area contributed by atoms with Gasteiger partial charge in [-0.15, -0.1) is 0 Å². The number of aryl methyl sites for hydroxylation is 1. The number of esters is 1. The third-order valence-electron chi connectivity index (χ3n) is 2.29. The molecule has 0 bridgehead atoms. The Labute approximate surface area is 98.4 Å². The highest BCUT2D eigenvalue weighted by atomic mass is 16.5. The van der Waals surface area contributed by atoms with Gasteiger partial charge in [0.15, 0.2) is 0 Å². The Bertz CT molecular complexity index is 492. The number of methoxy groups -OCH3 is 1. The lowest BCUT2D eigenvalue weighted by Crippen LogP contribution is -2.33. The van der Waals surface area contributed by atoms with Crippen LogP contribution in [0.2, 0.25) is 0 Å². The van der Waals surface area contributed by atoms with Crippen molar-refractivity contribution in [3.8, 4) is 0 Å². The lowest BCUT2D eigenvalue weighted by Gasteiger charge is -2.15. The van der Waals surface area contributed by atoms with Crippen LogP contribution in [0.3, 0.4) is 0 Å². The predicted molar refractivity (Wildman–Crippen MR) is 60.7 cm³/mol. The van der Waals surface area contributed by atoms with Gasteiger partial charge in [-0.3, -0.25) is 14.4 Å². The first-order chi connectivity index (χ1) is 7.95. The summed E-state index contributed by atoms with van der Waals surface area (Å²) < 4.78 is 5.81. The van der Waals surface area contributed by atoms with E-state index in [1.54, 1.807) is 7.05 Å². The number of amides is 1. The molecule has 92 valence electrons. The Balaban J connectivity index is 2.85. The maximum Gasteiger partial charge on any atom is 0.325 e. The van der Waals surface area contributed by atoms with E-state index in [2.05, 4.69) is 4.74 Å². The summed E-state index contributed by atoms with van der Waals surface area (Å²) >= 11 is 0. The van der Waals surface area contributed by atoms with E-state index < -0.39 is 11.9 Å². The summed E-state index contributed by atoms with van der Waals surface area (Å²) in [5.41, 5.74) is -0.0261. The van der Waals surface area contributed by atoms with Crippen LogP contribution in [0, 0.1) is 0 Å². The maximum absolute atomic E-state index is 11.8. The second kappa shape index (κ2) is 5.29. The summed E-state index contributed by atoms with van der Waals surface area (Å²) in [6.07, 6.45) is 1.50. The minimum absolute atomic E-state index is 0.148. The van der Waals surface area contributed by atoms with Crippen molar-refractivity contribution >= 4 is 11.9 Å². The van der Waals surface area contributed by atoms with Crippen LogP contribution in [0.1, 0.15) is 10.4 Å². The molecule has 1 aromatic heterocycles. The zero-order chi connectivity index (χ0) is 13.0. The van der Waals surface area contributed by atoms with Crippen LogP contribution < -0.4 is 5.56 Å². The van der Waals surface area contributed by atoms with E-state index in [0.29, 0.717) is 0 Å². The smallest absolute Gasteiger partial charge is 0.325 e. The highest BCUT2D eigenvalue weighted by Gasteiger charge is 2.15. The van der Waals surface area contributed by atoms with Crippen LogP contribution in [-0.2, 0) is 16.6 Å². The van der Waals surface area contributed by atoms with Crippen molar-refractivity contribution in [1.82, 2.24) is 9.47 Å². The fourth-order valence-corrected chi connectivity index (χ4v) is 1.23. The number of pyridine rings is 1. The van der Waals surface area contributed by atoms with Crippen LogP contribution in [0.4, 0.5) is 0 Å². The van der Waals surface area contributed by atoms with Crippen molar-refractivity contribution in [2.24, 2.45) is 7.05 Å². The van der Waals surface area contributed by atoms with Gasteiger partial charge >= 0.3 is 5.97 Å². The summed E-state index contributed by atoms with van der Waals surface area (Å²) in [7, 11) is 4.31. The van der Waals surface area contributed by atoms with Crippen LogP contribution in [0.25, 0.3) is 0 Å². The van der Waals surface area contributed by atoms with Gasteiger partial charge in [-0.25, -0.2) is 0 Å². The molecule has 0 atom stereocenters. The number of hydrogen-bond acceptors (Lipinski definition) is 4. The summed E-state index contributed by atoms with van der Waals surface area (Å²) in [4.78, 5) is 35.4. The molecule has 0 radical (unpaired) electrons. The number of rotatable bonds is 3. The minimum atomic E-state index is -0.510. The normalized spacial score (nSPS) is 9.82. The highest BCUT2D eigenvalue weighted by molar-refractivity contribution is 5.95. The van der Waals surface area contributed by atoms with Crippen molar-refractivity contribution < 1.29 is 14.3 Å². The molecule has 0 fully saturated rings. The third-order valence-corrected chi connectivity index (χ3v) is 2.29. The van der Waals surface area contributed by atoms with E-state index in [4.69, 9.17) is 0 Å². The number of carbonyl (C=O) groups is 2. The Morgan fingerprint density at radius 1 is 1.47 bits per heavy atom. The van der Waals surface area contributed by atoms with Crippen LogP contribution >= 0.6 is 0 Å². The lowest BCUT2D eigenvalue weighted by atomic mass is 10.2. The number of likely N-dealkylation sites (N-methyl/N-ethyl adjacent to an activating group) is 1. The molecule has 0 aromatic carbocycles. The van der Waals surface area contributed by atoms with Gasteiger partial charge in [0.1, 0.15) is 6.54 Å². The molecule has 0 spiro atoms. The molecular formula is C11H14N2O4. The monoisotopic (exact) mass is 238 g/mol. The quantitative estimate of drug-likeness (QED) is 0.674. The van der Waals surface area contributed by atoms with Crippen molar-refractivity contribution in [1.29, 1.82) is 0 Å². The first-order valence-corrected chi connectivity index (χ1v) is 4.94. The molecule has 17 heavy (non-hydrogen) atoms. The van der Waals surface area contributed by atoms with Gasteiger partial charge in [-0.2, -0.15) is 0 Å². The van der Waals surface area contributed by atoms with E-state index in [1.807, 2.05) is 0 Å². The predicted octanol–water partition coefficient (Wildman–Crippen LogP) is -0.370. The van der Waals surface area contributed by atoms with Crippen molar-refractivity contribution in [2.75, 3.05) is 20.7 Å². The number of nitrogens with zero attached hydrogens (tertiary/aromatic N) is 2. The molecule has 6 nitrogen and oxygen atoms in total. The topological polar surface area (TPSA) is 68.6 Å². The Morgan fingerprint density at radius 2 is 2.12 bits per heavy atom. The largest absolute Gasteiger partial charge is 0.468 e. The molecule has 0 aliphatic rings. The van der Waals surface area contributed by atoms with E-state index in [1.165, 1.54) is 42.0 Å². The first-order valence-electron chi connectivity index (χ1n) is 4.94. The molecule has 0 saturated carbocycles. The van der Waals surface area contributed by atoms with Crippen molar-refractivity contribution in [3.05, 3.63) is 34.2 Å². The molecular weight excluding hydrogens is 224 g/mol. The number of hydrogen-bond donors (Lipinski definition) is 0. The summed E-state index contributed by atoms with van der Waals surface area (Å²) in [5.74, 6) is -0.905. The van der Waals surface area contributed by atoms with E-state index >= 15 is 0 Å². The zero-order valence-corrected chi connectivity index (χ0v) is 9.97. The van der Waals surface area contributed by atoms with E-state index in [-0.39, 0.29) is 17.7 Å². The molecule has 0 saturated heterocycles. The maximum atomic E-state index is 11.8. The summed E-state index contributed by atoms with van der Waals surface area (Å²) in [6, 6.07) is 2.76. The molecule has 0 aliphatic heterocycles. The Hall–Kier alpha value is -2.11. The molecule has 1 aromatic rings. The molecule has 1 heterocycles. The van der Waals surface area contributed by atoms with Crippen molar-refractivity contribution in [3.63, 3.8) is 0 Å². The average molecular weight is 238 g/mol. The van der Waals surface area contributed by atoms with E-state index in [9.17, 15) is 14.4 Å². The molecule has 0 aliphatic carbocycles. The van der Waals surface area contributed by atoms with Gasteiger partial charge in [-0.05, 0) is 6.07 Å². The second-order valence-electron chi connectivity index (χ2n) is 3.60. The van der Waals surface area contributed by atoms with E-state index in [0.717, 1.165) is 0 Å². The summed E-state index contributed by atoms with van der Waals surface area (Å²) in [5, 5.41) is 0. The molecule has 6 heteroatoms. The van der Waals surface area contributed by atoms with Crippen molar-refractivity contribution in [2.45, 2.75) is 0 Å². The van der Waals surface area contributed by atoms with Crippen LogP contribution in [-0.4, -0.2) is 42.0 Å². The molecule has 1 amide bonds. The third kappa shape index (κ3) is 3.17. The molecule has 1 rings (SSSR count). The zero-order valence-electron chi connectivity index (χ0n) is 9.97. The van der Waals surface area contributed by atoms with Gasteiger partial charge in [0.2, 0.25) is 0 Å². The fourth-order valence-electron chi connectivity index (χ4n) is 1.23. The standard InChI is InChI=1S/C11H14N2O4/c1-12-5-4-8(6-9(12)14)11(16)13(2)7-10(15)17-3/h4-6H,7H2,1-3H3. The number of ether oxygens (including phenoxy) is 1. The molecule has 0 unspecified atom stereocenters. The van der Waals surface area contributed by atoms with Crippen LogP contribution in [0.5, 0.6) is 0 Å². The number of carbonyl (C=O) groups excluding carboxylic acids is 2. The number of aromatic nitrogens is 1. The SMILES string of the molecule is COC(=O)CN(C)C(=O)c1ccn(C)c(=O)c1. The van der Waals surface area contributed by atoms with Gasteiger partial charge in [0.25, 0.3) is 11.5 Å².